The lowest BCUT2D eigenvalue weighted by atomic mass is 10.1. The van der Waals surface area contributed by atoms with Gasteiger partial charge in [0.15, 0.2) is 5.82 Å². The van der Waals surface area contributed by atoms with Crippen LogP contribution in [0.2, 0.25) is 0 Å². The Kier molecular flexibility index (Phi) is 5.30. The van der Waals surface area contributed by atoms with Crippen LogP contribution in [0.15, 0.2) is 40.3 Å². The summed E-state index contributed by atoms with van der Waals surface area (Å²) in [6, 6.07) is 1.95. The molecule has 7 heteroatoms. The third-order valence-corrected chi connectivity index (χ3v) is 4.45. The molecule has 1 atom stereocenters. The fraction of sp³-hybridized carbons (Fsp3) is 0.412. The van der Waals surface area contributed by atoms with Crippen LogP contribution in [0.1, 0.15) is 25.6 Å². The van der Waals surface area contributed by atoms with Gasteiger partial charge in [0.05, 0.1) is 18.4 Å². The Morgan fingerprint density at radius 2 is 2.38 bits per heavy atom. The molecule has 1 saturated heterocycles. The quantitative estimate of drug-likeness (QED) is 0.675. The minimum Gasteiger partial charge on any atom is -0.355 e. The Bertz CT molecular complexity index is 696. The van der Waals surface area contributed by atoms with Crippen LogP contribution in [0.3, 0.4) is 0 Å². The highest BCUT2D eigenvalue weighted by molar-refractivity contribution is 7.81. The van der Waals surface area contributed by atoms with Crippen LogP contribution < -0.4 is 4.90 Å². The van der Waals surface area contributed by atoms with Crippen molar-refractivity contribution < 1.29 is 0 Å². The molecular formula is C17H22N6S. The van der Waals surface area contributed by atoms with Crippen molar-refractivity contribution in [3.05, 3.63) is 36.2 Å². The molecule has 24 heavy (non-hydrogen) atoms. The zero-order valence-corrected chi connectivity index (χ0v) is 14.7. The van der Waals surface area contributed by atoms with Gasteiger partial charge in [-0.05, 0) is 32.5 Å². The van der Waals surface area contributed by atoms with Gasteiger partial charge in [-0.15, -0.1) is 0 Å². The van der Waals surface area contributed by atoms with E-state index in [4.69, 9.17) is 4.98 Å². The Morgan fingerprint density at radius 1 is 1.50 bits per heavy atom. The molecule has 0 saturated carbocycles. The van der Waals surface area contributed by atoms with Gasteiger partial charge in [0.25, 0.3) is 0 Å². The van der Waals surface area contributed by atoms with Gasteiger partial charge in [-0.2, -0.15) is 12.6 Å². The Morgan fingerprint density at radius 3 is 3.12 bits per heavy atom. The third kappa shape index (κ3) is 3.84. The molecule has 6 nitrogen and oxygen atoms in total. The molecule has 3 heterocycles. The van der Waals surface area contributed by atoms with Crippen molar-refractivity contribution >= 4 is 37.1 Å². The highest BCUT2D eigenvalue weighted by Gasteiger charge is 2.20. The Hall–Kier alpha value is -2.15. The number of aromatic nitrogens is 2. The number of nitrogens with zero attached hydrogens (tertiary/aromatic N) is 6. The number of hydrogen-bond donors (Lipinski definition) is 1. The first-order valence-electron chi connectivity index (χ1n) is 8.07. The first kappa shape index (κ1) is 16.7. The van der Waals surface area contributed by atoms with Crippen molar-refractivity contribution in [1.82, 2.24) is 14.9 Å². The number of hydrogen-bond acceptors (Lipinski definition) is 7. The normalized spacial score (nSPS) is 21.7. The molecule has 0 N–H and O–H groups in total. The van der Waals surface area contributed by atoms with E-state index in [1.54, 1.807) is 12.4 Å². The second kappa shape index (κ2) is 7.61. The van der Waals surface area contributed by atoms with E-state index in [2.05, 4.69) is 39.2 Å². The van der Waals surface area contributed by atoms with Crippen molar-refractivity contribution in [2.45, 2.75) is 25.0 Å². The first-order chi connectivity index (χ1) is 11.7. The van der Waals surface area contributed by atoms with Gasteiger partial charge in [0.2, 0.25) is 0 Å². The highest BCUT2D eigenvalue weighted by atomic mass is 32.1. The lowest BCUT2D eigenvalue weighted by Crippen LogP contribution is -2.36. The number of anilines is 1. The molecule has 1 unspecified atom stereocenters. The number of aliphatic imine (C=N–C) groups is 2. The van der Waals surface area contributed by atoms with Crippen LogP contribution in [0.5, 0.6) is 0 Å². The van der Waals surface area contributed by atoms with Crippen LogP contribution in [0.25, 0.3) is 5.70 Å². The standard InChI is InChI=1S/C17H22N6S/c1-13-11-22(9-7-19-13)15(10-18-2)17-20-6-5-16(21-17)23-8-3-4-14(24)12-23/h5-7,10-11,14,24H,2-4,8-9,12H2,1H3/b15-10-. The summed E-state index contributed by atoms with van der Waals surface area (Å²) < 4.78 is 0. The Balaban J connectivity index is 1.89. The number of rotatable bonds is 4. The van der Waals surface area contributed by atoms with E-state index >= 15 is 0 Å². The van der Waals surface area contributed by atoms with Gasteiger partial charge in [0, 0.05) is 37.0 Å². The molecule has 0 spiro atoms. The fourth-order valence-electron chi connectivity index (χ4n) is 2.91. The third-order valence-electron chi connectivity index (χ3n) is 4.03. The van der Waals surface area contributed by atoms with Gasteiger partial charge >= 0.3 is 0 Å². The van der Waals surface area contributed by atoms with Gasteiger partial charge < -0.3 is 9.80 Å². The van der Waals surface area contributed by atoms with E-state index in [1.165, 1.54) is 0 Å². The zero-order chi connectivity index (χ0) is 16.9. The molecule has 2 aliphatic rings. The van der Waals surface area contributed by atoms with E-state index < -0.39 is 0 Å². The average molecular weight is 342 g/mol. The first-order valence-corrected chi connectivity index (χ1v) is 8.59. The van der Waals surface area contributed by atoms with E-state index in [9.17, 15) is 0 Å². The second-order valence-corrected chi connectivity index (χ2v) is 6.64. The number of allylic oxidation sites excluding steroid dienone is 1. The monoisotopic (exact) mass is 342 g/mol. The molecule has 1 aromatic rings. The van der Waals surface area contributed by atoms with Crippen LogP contribution in [0.4, 0.5) is 5.82 Å². The molecule has 2 aliphatic heterocycles. The molecule has 0 aromatic carbocycles. The van der Waals surface area contributed by atoms with Crippen LogP contribution in [-0.4, -0.2) is 52.7 Å². The maximum atomic E-state index is 4.76. The lowest BCUT2D eigenvalue weighted by Gasteiger charge is -2.31. The maximum Gasteiger partial charge on any atom is 0.179 e. The smallest absolute Gasteiger partial charge is 0.179 e. The SMILES string of the molecule is C=N/C=C(/c1nccc(N2CCCC(S)C2)n1)N1C=C(C)N=CC1. The van der Waals surface area contributed by atoms with E-state index in [1.807, 2.05) is 30.3 Å². The fourth-order valence-corrected chi connectivity index (χ4v) is 3.29. The van der Waals surface area contributed by atoms with Crippen LogP contribution in [-0.2, 0) is 0 Å². The molecule has 3 rings (SSSR count). The number of thiol groups is 1. The zero-order valence-electron chi connectivity index (χ0n) is 13.8. The van der Waals surface area contributed by atoms with E-state index in [0.29, 0.717) is 17.6 Å². The summed E-state index contributed by atoms with van der Waals surface area (Å²) >= 11 is 4.61. The van der Waals surface area contributed by atoms with E-state index in [0.717, 1.165) is 43.1 Å². The molecular weight excluding hydrogens is 320 g/mol. The van der Waals surface area contributed by atoms with Crippen molar-refractivity contribution in [2.24, 2.45) is 9.98 Å². The van der Waals surface area contributed by atoms with Gasteiger partial charge in [-0.25, -0.2) is 9.97 Å². The van der Waals surface area contributed by atoms with Gasteiger partial charge in [-0.1, -0.05) is 0 Å². The summed E-state index contributed by atoms with van der Waals surface area (Å²) in [7, 11) is 0. The summed E-state index contributed by atoms with van der Waals surface area (Å²) in [6.45, 7) is 8.11. The predicted molar refractivity (Wildman–Crippen MR) is 103 cm³/mol. The van der Waals surface area contributed by atoms with Gasteiger partial charge in [-0.3, -0.25) is 9.98 Å². The van der Waals surface area contributed by atoms with Crippen molar-refractivity contribution in [3.8, 4) is 0 Å². The second-order valence-electron chi connectivity index (χ2n) is 5.91. The summed E-state index contributed by atoms with van der Waals surface area (Å²) in [6.07, 6.45) is 9.62. The maximum absolute atomic E-state index is 4.76. The molecule has 0 radical (unpaired) electrons. The molecule has 0 amide bonds. The predicted octanol–water partition coefficient (Wildman–Crippen LogP) is 2.62. The van der Waals surface area contributed by atoms with Crippen molar-refractivity contribution in [2.75, 3.05) is 24.5 Å². The molecule has 1 aromatic heterocycles. The average Bonchev–Trinajstić information content (AvgIpc) is 2.60. The van der Waals surface area contributed by atoms with Crippen molar-refractivity contribution in [1.29, 1.82) is 0 Å². The van der Waals surface area contributed by atoms with Crippen molar-refractivity contribution in [3.63, 3.8) is 0 Å². The Labute approximate surface area is 148 Å². The minimum atomic E-state index is 0.394. The summed E-state index contributed by atoms with van der Waals surface area (Å²) in [4.78, 5) is 21.7. The molecule has 1 fully saturated rings. The highest BCUT2D eigenvalue weighted by Crippen LogP contribution is 2.24. The lowest BCUT2D eigenvalue weighted by molar-refractivity contribution is 0.580. The largest absolute Gasteiger partial charge is 0.355 e. The number of piperidine rings is 1. The van der Waals surface area contributed by atoms with E-state index in [-0.39, 0.29) is 0 Å². The molecule has 0 bridgehead atoms. The topological polar surface area (TPSA) is 57.0 Å². The minimum absolute atomic E-state index is 0.394. The molecule has 126 valence electrons. The molecule has 0 aliphatic carbocycles. The van der Waals surface area contributed by atoms with Gasteiger partial charge in [0.1, 0.15) is 11.5 Å². The van der Waals surface area contributed by atoms with Crippen LogP contribution in [0, 0.1) is 0 Å². The summed E-state index contributed by atoms with van der Waals surface area (Å²) in [5, 5.41) is 0.394. The summed E-state index contributed by atoms with van der Waals surface area (Å²) in [5.41, 5.74) is 1.75. The van der Waals surface area contributed by atoms with Crippen LogP contribution >= 0.6 is 12.6 Å². The summed E-state index contributed by atoms with van der Waals surface area (Å²) in [5.74, 6) is 1.57.